The monoisotopic (exact) mass is 1510 g/mol. The molecular weight excluding hydrogens is 1340 g/mol. The topological polar surface area (TPSA) is 237 Å². The van der Waals surface area contributed by atoms with Gasteiger partial charge in [0.1, 0.15) is 19.3 Å². The number of carbonyl (C=O) groups is 4. The normalized spacial score (nSPS) is 13.9. The molecule has 0 bridgehead atoms. The lowest BCUT2D eigenvalue weighted by molar-refractivity contribution is -0.161. The molecule has 0 heterocycles. The minimum atomic E-state index is -4.96. The van der Waals surface area contributed by atoms with Gasteiger partial charge in [-0.3, -0.25) is 37.3 Å². The highest BCUT2D eigenvalue weighted by molar-refractivity contribution is 7.47. The van der Waals surface area contributed by atoms with Crippen LogP contribution >= 0.6 is 15.6 Å². The molecule has 19 heteroatoms. The predicted molar refractivity (Wildman–Crippen MR) is 423 cm³/mol. The third kappa shape index (κ3) is 78.0. The smallest absolute Gasteiger partial charge is 0.462 e. The second kappa shape index (κ2) is 74.2. The number of carbonyl (C=O) groups excluding carboxylic acids is 4. The lowest BCUT2D eigenvalue weighted by Gasteiger charge is -2.21. The van der Waals surface area contributed by atoms with Crippen LogP contribution in [0.2, 0.25) is 0 Å². The van der Waals surface area contributed by atoms with E-state index in [1.165, 1.54) is 250 Å². The van der Waals surface area contributed by atoms with E-state index in [1.807, 2.05) is 0 Å². The molecule has 0 aliphatic rings. The van der Waals surface area contributed by atoms with E-state index in [0.717, 1.165) is 108 Å². The van der Waals surface area contributed by atoms with Crippen LogP contribution in [0.4, 0.5) is 0 Å². The van der Waals surface area contributed by atoms with Gasteiger partial charge in [-0.25, -0.2) is 9.13 Å². The van der Waals surface area contributed by atoms with Crippen LogP contribution in [0, 0.1) is 17.8 Å². The van der Waals surface area contributed by atoms with E-state index in [1.54, 1.807) is 0 Å². The Bertz CT molecular complexity index is 1990. The maximum atomic E-state index is 13.1. The van der Waals surface area contributed by atoms with Gasteiger partial charge in [0, 0.05) is 25.7 Å². The Balaban J connectivity index is 5.22. The van der Waals surface area contributed by atoms with Crippen LogP contribution in [0.15, 0.2) is 0 Å². The van der Waals surface area contributed by atoms with Crippen LogP contribution in [0.25, 0.3) is 0 Å². The number of phosphoric ester groups is 2. The van der Waals surface area contributed by atoms with Gasteiger partial charge >= 0.3 is 39.5 Å². The number of ether oxygens (including phenoxy) is 4. The van der Waals surface area contributed by atoms with E-state index >= 15 is 0 Å². The number of hydrogen-bond donors (Lipinski definition) is 3. The van der Waals surface area contributed by atoms with Gasteiger partial charge in [-0.2, -0.15) is 0 Å². The summed E-state index contributed by atoms with van der Waals surface area (Å²) in [6.45, 7) is 11.9. The summed E-state index contributed by atoms with van der Waals surface area (Å²) in [7, 11) is -9.92. The zero-order valence-electron chi connectivity index (χ0n) is 67.8. The van der Waals surface area contributed by atoms with Crippen molar-refractivity contribution in [2.24, 2.45) is 17.8 Å². The molecule has 0 saturated carbocycles. The van der Waals surface area contributed by atoms with Gasteiger partial charge in [-0.05, 0) is 43.4 Å². The van der Waals surface area contributed by atoms with Crippen LogP contribution in [0.5, 0.6) is 0 Å². The fourth-order valence-electron chi connectivity index (χ4n) is 13.0. The molecular formula is C84H164O17P2. The zero-order valence-corrected chi connectivity index (χ0v) is 69.6. The molecule has 0 radical (unpaired) electrons. The van der Waals surface area contributed by atoms with E-state index in [4.69, 9.17) is 37.0 Å². The average Bonchev–Trinajstić information content (AvgIpc) is 0.920. The second-order valence-corrected chi connectivity index (χ2v) is 34.6. The third-order valence-electron chi connectivity index (χ3n) is 19.6. The molecule has 0 spiro atoms. The van der Waals surface area contributed by atoms with E-state index in [9.17, 15) is 43.2 Å². The molecule has 0 aromatic carbocycles. The molecule has 5 atom stereocenters. The van der Waals surface area contributed by atoms with Gasteiger partial charge in [0.05, 0.1) is 26.4 Å². The van der Waals surface area contributed by atoms with E-state index in [0.29, 0.717) is 25.7 Å². The summed E-state index contributed by atoms with van der Waals surface area (Å²) >= 11 is 0. The SMILES string of the molecule is CCCCCCCCCCCCCCCCCCCCCCCCC(=O)O[C@H](COC(=O)CCCCCCCCCCCCCCCCC(C)C)COP(=O)(O)OC[C@@H](O)COP(=O)(O)OC[C@@H](COC(=O)CCCCCCCCCCCC(C)C)OC(=O)CCCCCCCCCCCC(C)C. The molecule has 0 amide bonds. The van der Waals surface area contributed by atoms with Gasteiger partial charge in [0.15, 0.2) is 12.2 Å². The standard InChI is InChI=1S/C84H164O17P2/c1-8-9-10-11-12-13-14-15-16-17-18-19-20-21-22-23-28-31-38-46-53-60-67-83(88)100-79(71-94-81(86)65-58-51-44-37-30-27-25-24-26-29-34-41-48-55-62-75(2)3)73-98-102(90,91)96-69-78(85)70-97-103(92,93)99-74-80(101-84(89)68-61-54-47-40-33-36-43-50-57-64-77(6)7)72-95-82(87)66-59-52-45-39-32-35-42-49-56-63-76(4)5/h75-80,85H,8-74H2,1-7H3,(H,90,91)(H,92,93)/t78-,79-,80-/m1/s1. The molecule has 612 valence electrons. The van der Waals surface area contributed by atoms with Crippen molar-refractivity contribution >= 4 is 39.5 Å². The van der Waals surface area contributed by atoms with Crippen molar-refractivity contribution in [3.05, 3.63) is 0 Å². The minimum Gasteiger partial charge on any atom is -0.462 e. The van der Waals surface area contributed by atoms with Gasteiger partial charge in [-0.1, -0.05) is 389 Å². The van der Waals surface area contributed by atoms with E-state index in [-0.39, 0.29) is 25.7 Å². The van der Waals surface area contributed by atoms with Crippen LogP contribution < -0.4 is 0 Å². The summed E-state index contributed by atoms with van der Waals surface area (Å²) < 4.78 is 68.8. The molecule has 0 aliphatic carbocycles. The van der Waals surface area contributed by atoms with Crippen molar-refractivity contribution < 1.29 is 80.2 Å². The lowest BCUT2D eigenvalue weighted by atomic mass is 10.0. The fourth-order valence-corrected chi connectivity index (χ4v) is 14.6. The highest BCUT2D eigenvalue weighted by Gasteiger charge is 2.30. The molecule has 0 fully saturated rings. The zero-order chi connectivity index (χ0) is 75.8. The number of phosphoric acid groups is 2. The molecule has 2 unspecified atom stereocenters. The fraction of sp³-hybridized carbons (Fsp3) is 0.952. The van der Waals surface area contributed by atoms with Crippen molar-refractivity contribution in [3.63, 3.8) is 0 Å². The highest BCUT2D eigenvalue weighted by Crippen LogP contribution is 2.45. The Labute approximate surface area is 632 Å². The van der Waals surface area contributed by atoms with E-state index in [2.05, 4.69) is 48.5 Å². The maximum Gasteiger partial charge on any atom is 0.472 e. The number of rotatable bonds is 82. The first-order valence-electron chi connectivity index (χ1n) is 43.3. The van der Waals surface area contributed by atoms with Gasteiger partial charge in [0.2, 0.25) is 0 Å². The number of hydrogen-bond acceptors (Lipinski definition) is 15. The molecule has 0 rings (SSSR count). The summed E-state index contributed by atoms with van der Waals surface area (Å²) in [4.78, 5) is 73.1. The Morgan fingerprint density at radius 1 is 0.262 bits per heavy atom. The number of esters is 4. The summed E-state index contributed by atoms with van der Waals surface area (Å²) in [6, 6.07) is 0. The van der Waals surface area contributed by atoms with Gasteiger partial charge < -0.3 is 33.8 Å². The summed E-state index contributed by atoms with van der Waals surface area (Å²) in [5.74, 6) is 0.170. The van der Waals surface area contributed by atoms with Crippen LogP contribution in [0.1, 0.15) is 440 Å². The van der Waals surface area contributed by atoms with Crippen molar-refractivity contribution in [1.29, 1.82) is 0 Å². The third-order valence-corrected chi connectivity index (χ3v) is 21.5. The maximum absolute atomic E-state index is 13.1. The largest absolute Gasteiger partial charge is 0.472 e. The van der Waals surface area contributed by atoms with E-state index < -0.39 is 97.5 Å². The van der Waals surface area contributed by atoms with Crippen LogP contribution in [-0.2, 0) is 65.4 Å². The van der Waals surface area contributed by atoms with Crippen molar-refractivity contribution in [3.8, 4) is 0 Å². The number of aliphatic hydroxyl groups excluding tert-OH is 1. The Hall–Kier alpha value is -1.94. The summed E-state index contributed by atoms with van der Waals surface area (Å²) in [5.41, 5.74) is 0. The van der Waals surface area contributed by atoms with Crippen molar-refractivity contribution in [1.82, 2.24) is 0 Å². The molecule has 0 aromatic rings. The second-order valence-electron chi connectivity index (χ2n) is 31.6. The lowest BCUT2D eigenvalue weighted by Crippen LogP contribution is -2.30. The first-order valence-corrected chi connectivity index (χ1v) is 46.3. The molecule has 0 saturated heterocycles. The Kier molecular flexibility index (Phi) is 72.8. The average molecular weight is 1510 g/mol. The molecule has 3 N–H and O–H groups in total. The van der Waals surface area contributed by atoms with Gasteiger partial charge in [0.25, 0.3) is 0 Å². The first kappa shape index (κ1) is 101. The minimum absolute atomic E-state index is 0.105. The van der Waals surface area contributed by atoms with Crippen LogP contribution in [0.3, 0.4) is 0 Å². The Morgan fingerprint density at radius 2 is 0.447 bits per heavy atom. The quantitative estimate of drug-likeness (QED) is 0.0222. The number of unbranched alkanes of at least 4 members (excludes halogenated alkanes) is 50. The van der Waals surface area contributed by atoms with Gasteiger partial charge in [-0.15, -0.1) is 0 Å². The molecule has 17 nitrogen and oxygen atoms in total. The molecule has 103 heavy (non-hydrogen) atoms. The summed E-state index contributed by atoms with van der Waals surface area (Å²) in [5, 5.41) is 10.7. The van der Waals surface area contributed by atoms with Crippen molar-refractivity contribution in [2.45, 2.75) is 458 Å². The molecule has 0 aromatic heterocycles. The number of aliphatic hydroxyl groups is 1. The van der Waals surface area contributed by atoms with Crippen molar-refractivity contribution in [2.75, 3.05) is 39.6 Å². The Morgan fingerprint density at radius 3 is 0.660 bits per heavy atom. The summed E-state index contributed by atoms with van der Waals surface area (Å²) in [6.07, 6.45) is 64.0. The highest BCUT2D eigenvalue weighted by atomic mass is 31.2. The molecule has 0 aliphatic heterocycles. The first-order chi connectivity index (χ1) is 49.7. The predicted octanol–water partition coefficient (Wildman–Crippen LogP) is 25.3. The van der Waals surface area contributed by atoms with Crippen LogP contribution in [-0.4, -0.2) is 96.7 Å².